The molecule has 7 heteroatoms. The first-order valence-corrected chi connectivity index (χ1v) is 3.85. The number of hydrogen-bond acceptors (Lipinski definition) is 4. The Labute approximate surface area is 80.5 Å². The number of carboxylic acids is 1. The fourth-order valence-corrected chi connectivity index (χ4v) is 1.05. The summed E-state index contributed by atoms with van der Waals surface area (Å²) >= 11 is 2.88. The van der Waals surface area contributed by atoms with Gasteiger partial charge in [0.2, 0.25) is 0 Å². The number of nitrogens with zero attached hydrogens (tertiary/aromatic N) is 2. The van der Waals surface area contributed by atoms with Gasteiger partial charge < -0.3 is 5.11 Å². The van der Waals surface area contributed by atoms with Gasteiger partial charge in [-0.3, -0.25) is 10.1 Å². The van der Waals surface area contributed by atoms with Gasteiger partial charge in [-0.25, -0.2) is 9.78 Å². The van der Waals surface area contributed by atoms with Crippen molar-refractivity contribution in [1.29, 1.82) is 0 Å². The van der Waals surface area contributed by atoms with Crippen molar-refractivity contribution < 1.29 is 14.8 Å². The van der Waals surface area contributed by atoms with Crippen molar-refractivity contribution in [3.05, 3.63) is 32.5 Å². The minimum Gasteiger partial charge on any atom is -0.477 e. The van der Waals surface area contributed by atoms with Crippen LogP contribution in [0.5, 0.6) is 0 Å². The first kappa shape index (κ1) is 9.59. The SMILES string of the molecule is O=C(O)c1cc([N+](=O)[O-])c(Br)cn1. The second kappa shape index (κ2) is 3.48. The maximum atomic E-state index is 10.4. The zero-order valence-corrected chi connectivity index (χ0v) is 7.69. The van der Waals surface area contributed by atoms with Crippen LogP contribution in [0.25, 0.3) is 0 Å². The summed E-state index contributed by atoms with van der Waals surface area (Å²) < 4.78 is 0.155. The van der Waals surface area contributed by atoms with Crippen molar-refractivity contribution in [3.8, 4) is 0 Å². The summed E-state index contributed by atoms with van der Waals surface area (Å²) in [6.45, 7) is 0. The molecule has 1 aromatic heterocycles. The molecule has 0 fully saturated rings. The van der Waals surface area contributed by atoms with Gasteiger partial charge in [-0.05, 0) is 15.9 Å². The standard InChI is InChI=1S/C6H3BrN2O4/c7-3-2-8-4(6(10)11)1-5(3)9(12)13/h1-2H,(H,10,11). The Morgan fingerprint density at radius 2 is 2.31 bits per heavy atom. The molecule has 1 aromatic rings. The van der Waals surface area contributed by atoms with E-state index in [-0.39, 0.29) is 15.9 Å². The third-order valence-corrected chi connectivity index (χ3v) is 1.86. The van der Waals surface area contributed by atoms with E-state index in [1.165, 1.54) is 0 Å². The van der Waals surface area contributed by atoms with E-state index in [1.54, 1.807) is 0 Å². The molecule has 0 aliphatic carbocycles. The Hall–Kier alpha value is -1.50. The summed E-state index contributed by atoms with van der Waals surface area (Å²) in [6.07, 6.45) is 1.08. The Morgan fingerprint density at radius 3 is 2.77 bits per heavy atom. The molecule has 68 valence electrons. The molecule has 0 radical (unpaired) electrons. The Bertz CT molecular complexity index is 379. The van der Waals surface area contributed by atoms with Crippen LogP contribution in [0.15, 0.2) is 16.7 Å². The number of carbonyl (C=O) groups is 1. The van der Waals surface area contributed by atoms with E-state index in [9.17, 15) is 14.9 Å². The van der Waals surface area contributed by atoms with Crippen LogP contribution >= 0.6 is 15.9 Å². The van der Waals surface area contributed by atoms with Crippen LogP contribution in [0.4, 0.5) is 5.69 Å². The summed E-state index contributed by atoms with van der Waals surface area (Å²) in [7, 11) is 0. The lowest BCUT2D eigenvalue weighted by Gasteiger charge is -1.95. The normalized spacial score (nSPS) is 9.62. The second-order valence-electron chi connectivity index (χ2n) is 2.08. The molecular weight excluding hydrogens is 244 g/mol. The summed E-state index contributed by atoms with van der Waals surface area (Å²) in [5.74, 6) is -1.30. The minimum atomic E-state index is -1.30. The number of aromatic nitrogens is 1. The number of hydrogen-bond donors (Lipinski definition) is 1. The number of halogens is 1. The first-order chi connectivity index (χ1) is 6.02. The van der Waals surface area contributed by atoms with Gasteiger partial charge >= 0.3 is 5.97 Å². The van der Waals surface area contributed by atoms with Gasteiger partial charge in [-0.1, -0.05) is 0 Å². The molecule has 0 aliphatic heterocycles. The van der Waals surface area contributed by atoms with Crippen LogP contribution in [0.1, 0.15) is 10.5 Å². The molecule has 0 saturated heterocycles. The van der Waals surface area contributed by atoms with Crippen molar-refractivity contribution in [1.82, 2.24) is 4.98 Å². The third kappa shape index (κ3) is 2.00. The smallest absolute Gasteiger partial charge is 0.354 e. The fourth-order valence-electron chi connectivity index (χ4n) is 0.685. The highest BCUT2D eigenvalue weighted by molar-refractivity contribution is 9.10. The highest BCUT2D eigenvalue weighted by atomic mass is 79.9. The molecule has 13 heavy (non-hydrogen) atoms. The molecule has 0 amide bonds. The molecule has 0 aliphatic rings. The average Bonchev–Trinajstić information content (AvgIpc) is 2.04. The molecule has 0 unspecified atom stereocenters. The summed E-state index contributed by atoms with van der Waals surface area (Å²) in [5, 5.41) is 18.8. The molecule has 1 heterocycles. The zero-order chi connectivity index (χ0) is 10.0. The zero-order valence-electron chi connectivity index (χ0n) is 6.10. The van der Waals surface area contributed by atoms with Gasteiger partial charge in [0.25, 0.3) is 5.69 Å². The van der Waals surface area contributed by atoms with E-state index >= 15 is 0 Å². The van der Waals surface area contributed by atoms with Crippen molar-refractivity contribution in [2.75, 3.05) is 0 Å². The van der Waals surface area contributed by atoms with Crippen LogP contribution < -0.4 is 0 Å². The van der Waals surface area contributed by atoms with Crippen molar-refractivity contribution in [3.63, 3.8) is 0 Å². The molecule has 1 N–H and O–H groups in total. The molecule has 0 spiro atoms. The van der Waals surface area contributed by atoms with Gasteiger partial charge in [0, 0.05) is 6.20 Å². The molecule has 0 atom stereocenters. The number of pyridine rings is 1. The lowest BCUT2D eigenvalue weighted by molar-refractivity contribution is -0.385. The third-order valence-electron chi connectivity index (χ3n) is 1.25. The van der Waals surface area contributed by atoms with Crippen molar-refractivity contribution >= 4 is 27.6 Å². The Balaban J connectivity index is 3.27. The monoisotopic (exact) mass is 246 g/mol. The maximum Gasteiger partial charge on any atom is 0.354 e. The van der Waals surface area contributed by atoms with Crippen LogP contribution in [-0.2, 0) is 0 Å². The highest BCUT2D eigenvalue weighted by Crippen LogP contribution is 2.23. The molecule has 0 bridgehead atoms. The summed E-state index contributed by atoms with van der Waals surface area (Å²) in [6, 6.07) is 0.895. The van der Waals surface area contributed by atoms with Gasteiger partial charge in [-0.2, -0.15) is 0 Å². The second-order valence-corrected chi connectivity index (χ2v) is 2.94. The van der Waals surface area contributed by atoms with Gasteiger partial charge in [0.1, 0.15) is 4.47 Å². The molecule has 6 nitrogen and oxygen atoms in total. The van der Waals surface area contributed by atoms with E-state index in [2.05, 4.69) is 20.9 Å². The summed E-state index contributed by atoms with van der Waals surface area (Å²) in [5.41, 5.74) is -0.665. The molecule has 0 aromatic carbocycles. The predicted octanol–water partition coefficient (Wildman–Crippen LogP) is 1.45. The van der Waals surface area contributed by atoms with Crippen molar-refractivity contribution in [2.45, 2.75) is 0 Å². The largest absolute Gasteiger partial charge is 0.477 e. The van der Waals surface area contributed by atoms with Crippen LogP contribution in [0.3, 0.4) is 0 Å². The first-order valence-electron chi connectivity index (χ1n) is 3.05. The fraction of sp³-hybridized carbons (Fsp3) is 0. The predicted molar refractivity (Wildman–Crippen MR) is 45.6 cm³/mol. The van der Waals surface area contributed by atoms with E-state index < -0.39 is 10.9 Å². The van der Waals surface area contributed by atoms with E-state index in [1.807, 2.05) is 0 Å². The average molecular weight is 247 g/mol. The van der Waals surface area contributed by atoms with Crippen LogP contribution in [0.2, 0.25) is 0 Å². The number of nitro groups is 1. The Morgan fingerprint density at radius 1 is 1.69 bits per heavy atom. The van der Waals surface area contributed by atoms with E-state index in [4.69, 9.17) is 5.11 Å². The number of aromatic carboxylic acids is 1. The summed E-state index contributed by atoms with van der Waals surface area (Å²) in [4.78, 5) is 23.5. The van der Waals surface area contributed by atoms with Crippen LogP contribution in [0, 0.1) is 10.1 Å². The molecule has 1 rings (SSSR count). The van der Waals surface area contributed by atoms with Gasteiger partial charge in [0.05, 0.1) is 11.0 Å². The molecule has 0 saturated carbocycles. The van der Waals surface area contributed by atoms with Crippen LogP contribution in [-0.4, -0.2) is 21.0 Å². The minimum absolute atomic E-state index is 0.155. The lowest BCUT2D eigenvalue weighted by atomic mass is 10.3. The highest BCUT2D eigenvalue weighted by Gasteiger charge is 2.16. The molecular formula is C6H3BrN2O4. The topological polar surface area (TPSA) is 93.3 Å². The number of rotatable bonds is 2. The number of carboxylic acid groups (broad SMARTS) is 1. The quantitative estimate of drug-likeness (QED) is 0.630. The maximum absolute atomic E-state index is 10.4. The van der Waals surface area contributed by atoms with Gasteiger partial charge in [0.15, 0.2) is 5.69 Å². The van der Waals surface area contributed by atoms with Gasteiger partial charge in [-0.15, -0.1) is 0 Å². The van der Waals surface area contributed by atoms with E-state index in [0.29, 0.717) is 0 Å². The van der Waals surface area contributed by atoms with Crippen molar-refractivity contribution in [2.24, 2.45) is 0 Å². The Kier molecular flexibility index (Phi) is 2.57. The van der Waals surface area contributed by atoms with E-state index in [0.717, 1.165) is 12.3 Å². The lowest BCUT2D eigenvalue weighted by Crippen LogP contribution is -2.01.